The number of hydrogen-bond donors (Lipinski definition) is 0. The summed E-state index contributed by atoms with van der Waals surface area (Å²) in [4.78, 5) is 4.13. The Morgan fingerprint density at radius 3 is 2.30 bits per heavy atom. The molecule has 0 radical (unpaired) electrons. The van der Waals surface area contributed by atoms with Crippen LogP contribution in [0, 0.1) is 12.7 Å². The minimum Gasteiger partial charge on any atom is -0.234 e. The Labute approximate surface area is 170 Å². The molecule has 0 bridgehead atoms. The van der Waals surface area contributed by atoms with Crippen LogP contribution in [0.2, 0.25) is 0 Å². The fourth-order valence-electron chi connectivity index (χ4n) is 3.67. The van der Waals surface area contributed by atoms with Crippen molar-refractivity contribution in [2.24, 2.45) is 0 Å². The fourth-order valence-corrected chi connectivity index (χ4v) is 5.14. The zero-order chi connectivity index (χ0) is 21.7. The van der Waals surface area contributed by atoms with Gasteiger partial charge in [0.05, 0.1) is 10.6 Å². The van der Waals surface area contributed by atoms with E-state index in [1.807, 2.05) is 0 Å². The molecule has 0 saturated carbocycles. The highest BCUT2D eigenvalue weighted by molar-refractivity contribution is 7.89. The first-order valence-electron chi connectivity index (χ1n) is 9.26. The smallest absolute Gasteiger partial charge is 0.234 e. The standard InChI is InChI=1S/C19H18F4N4O2S/c1-12-10-17(19(21,22)23)27-18(24-12)11-16(25-27)13-6-8-26(9-7-13)30(28,29)15-4-2-14(20)3-5-15/h2-5,10-11,13H,6-9H2,1H3. The van der Waals surface area contributed by atoms with Gasteiger partial charge in [-0.25, -0.2) is 22.3 Å². The average Bonchev–Trinajstić information content (AvgIpc) is 3.10. The summed E-state index contributed by atoms with van der Waals surface area (Å²) in [5.74, 6) is -0.714. The van der Waals surface area contributed by atoms with Crippen molar-refractivity contribution in [1.82, 2.24) is 18.9 Å². The van der Waals surface area contributed by atoms with Gasteiger partial charge in [0.1, 0.15) is 11.5 Å². The predicted molar refractivity (Wildman–Crippen MR) is 99.9 cm³/mol. The van der Waals surface area contributed by atoms with E-state index in [0.717, 1.165) is 22.7 Å². The molecule has 1 aliphatic heterocycles. The van der Waals surface area contributed by atoms with Crippen molar-refractivity contribution in [3.63, 3.8) is 0 Å². The van der Waals surface area contributed by atoms with Gasteiger partial charge < -0.3 is 0 Å². The highest BCUT2D eigenvalue weighted by Crippen LogP contribution is 2.33. The van der Waals surface area contributed by atoms with Gasteiger partial charge in [0.25, 0.3) is 0 Å². The fraction of sp³-hybridized carbons (Fsp3) is 0.368. The molecule has 30 heavy (non-hydrogen) atoms. The Balaban J connectivity index is 1.56. The zero-order valence-corrected chi connectivity index (χ0v) is 16.7. The van der Waals surface area contributed by atoms with Gasteiger partial charge in [-0.2, -0.15) is 22.6 Å². The monoisotopic (exact) mass is 442 g/mol. The van der Waals surface area contributed by atoms with Crippen LogP contribution < -0.4 is 0 Å². The molecule has 0 atom stereocenters. The van der Waals surface area contributed by atoms with Gasteiger partial charge in [0, 0.05) is 30.8 Å². The maximum Gasteiger partial charge on any atom is 0.433 e. The second-order valence-corrected chi connectivity index (χ2v) is 9.19. The minimum absolute atomic E-state index is 0.00424. The SMILES string of the molecule is Cc1cc(C(F)(F)F)n2nc(C3CCN(S(=O)(=O)c4ccc(F)cc4)CC3)cc2n1. The quantitative estimate of drug-likeness (QED) is 0.580. The molecule has 6 nitrogen and oxygen atoms in total. The molecule has 0 amide bonds. The highest BCUT2D eigenvalue weighted by atomic mass is 32.2. The number of alkyl halides is 3. The molecule has 11 heteroatoms. The molecule has 1 saturated heterocycles. The van der Waals surface area contributed by atoms with Gasteiger partial charge in [-0.05, 0) is 50.1 Å². The van der Waals surface area contributed by atoms with Crippen LogP contribution in [-0.4, -0.2) is 40.4 Å². The number of aromatic nitrogens is 3. The predicted octanol–water partition coefficient (Wildman–Crippen LogP) is 3.76. The molecule has 0 unspecified atom stereocenters. The first-order valence-corrected chi connectivity index (χ1v) is 10.7. The van der Waals surface area contributed by atoms with E-state index in [4.69, 9.17) is 0 Å². The summed E-state index contributed by atoms with van der Waals surface area (Å²) >= 11 is 0. The van der Waals surface area contributed by atoms with Gasteiger partial charge in [0.2, 0.25) is 10.0 Å². The van der Waals surface area contributed by atoms with E-state index in [-0.39, 0.29) is 35.2 Å². The first kappa shape index (κ1) is 20.7. The van der Waals surface area contributed by atoms with Crippen LogP contribution in [0.1, 0.15) is 35.8 Å². The van der Waals surface area contributed by atoms with Crippen LogP contribution in [0.3, 0.4) is 0 Å². The lowest BCUT2D eigenvalue weighted by atomic mass is 9.95. The zero-order valence-electron chi connectivity index (χ0n) is 15.9. The third-order valence-corrected chi connectivity index (χ3v) is 7.10. The van der Waals surface area contributed by atoms with E-state index in [9.17, 15) is 26.0 Å². The van der Waals surface area contributed by atoms with E-state index in [1.165, 1.54) is 29.4 Å². The average molecular weight is 442 g/mol. The molecule has 0 aliphatic carbocycles. The molecule has 1 aromatic carbocycles. The Morgan fingerprint density at radius 1 is 1.07 bits per heavy atom. The number of piperidine rings is 1. The van der Waals surface area contributed by atoms with Crippen LogP contribution in [0.25, 0.3) is 5.65 Å². The lowest BCUT2D eigenvalue weighted by Gasteiger charge is -2.30. The van der Waals surface area contributed by atoms with Crippen molar-refractivity contribution in [2.75, 3.05) is 13.1 Å². The number of benzene rings is 1. The molecular formula is C19H18F4N4O2S. The summed E-state index contributed by atoms with van der Waals surface area (Å²) in [7, 11) is -3.76. The summed E-state index contributed by atoms with van der Waals surface area (Å²) in [5, 5.41) is 4.12. The Kier molecular flexibility index (Phi) is 5.05. The van der Waals surface area contributed by atoms with E-state index in [0.29, 0.717) is 18.5 Å². The third kappa shape index (κ3) is 3.79. The Morgan fingerprint density at radius 2 is 1.70 bits per heavy atom. The second kappa shape index (κ2) is 7.31. The molecule has 0 spiro atoms. The second-order valence-electron chi connectivity index (χ2n) is 7.25. The first-order chi connectivity index (χ1) is 14.1. The molecule has 3 aromatic rings. The largest absolute Gasteiger partial charge is 0.433 e. The summed E-state index contributed by atoms with van der Waals surface area (Å²) in [5.41, 5.74) is -0.0924. The highest BCUT2D eigenvalue weighted by Gasteiger charge is 2.36. The van der Waals surface area contributed by atoms with Gasteiger partial charge >= 0.3 is 6.18 Å². The minimum atomic E-state index is -4.57. The van der Waals surface area contributed by atoms with Crippen molar-refractivity contribution >= 4 is 15.7 Å². The molecule has 4 rings (SSSR count). The number of aryl methyl sites for hydroxylation is 1. The summed E-state index contributed by atoms with van der Waals surface area (Å²) in [6.07, 6.45) is -3.75. The van der Waals surface area contributed by atoms with Gasteiger partial charge in [-0.15, -0.1) is 0 Å². The van der Waals surface area contributed by atoms with Crippen LogP contribution in [0.5, 0.6) is 0 Å². The summed E-state index contributed by atoms with van der Waals surface area (Å²) < 4.78 is 80.6. The van der Waals surface area contributed by atoms with Crippen LogP contribution in [-0.2, 0) is 16.2 Å². The van der Waals surface area contributed by atoms with Crippen LogP contribution >= 0.6 is 0 Å². The van der Waals surface area contributed by atoms with Crippen molar-refractivity contribution in [2.45, 2.75) is 36.8 Å². The molecule has 0 N–H and O–H groups in total. The number of sulfonamides is 1. The van der Waals surface area contributed by atoms with Crippen molar-refractivity contribution < 1.29 is 26.0 Å². The topological polar surface area (TPSA) is 67.6 Å². The van der Waals surface area contributed by atoms with Crippen LogP contribution in [0.15, 0.2) is 41.3 Å². The molecule has 3 heterocycles. The molecule has 2 aromatic heterocycles. The van der Waals surface area contributed by atoms with E-state index in [2.05, 4.69) is 10.1 Å². The number of halogens is 4. The lowest BCUT2D eigenvalue weighted by molar-refractivity contribution is -0.142. The maximum atomic E-state index is 13.3. The van der Waals surface area contributed by atoms with Gasteiger partial charge in [0.15, 0.2) is 5.65 Å². The van der Waals surface area contributed by atoms with Crippen molar-refractivity contribution in [3.8, 4) is 0 Å². The Hall–Kier alpha value is -2.53. The lowest BCUT2D eigenvalue weighted by Crippen LogP contribution is -2.38. The summed E-state index contributed by atoms with van der Waals surface area (Å²) in [6, 6.07) is 7.07. The van der Waals surface area contributed by atoms with Crippen molar-refractivity contribution in [1.29, 1.82) is 0 Å². The normalized spacial score (nSPS) is 17.0. The summed E-state index contributed by atoms with van der Waals surface area (Å²) in [6.45, 7) is 1.87. The van der Waals surface area contributed by atoms with Gasteiger partial charge in [-0.1, -0.05) is 0 Å². The Bertz CT molecular complexity index is 1180. The number of fused-ring (bicyclic) bond motifs is 1. The maximum absolute atomic E-state index is 13.3. The van der Waals surface area contributed by atoms with Crippen LogP contribution in [0.4, 0.5) is 17.6 Å². The third-order valence-electron chi connectivity index (χ3n) is 5.19. The number of nitrogens with zero attached hydrogens (tertiary/aromatic N) is 4. The van der Waals surface area contributed by atoms with E-state index in [1.54, 1.807) is 0 Å². The van der Waals surface area contributed by atoms with Gasteiger partial charge in [-0.3, -0.25) is 0 Å². The molecule has 1 aliphatic rings. The molecule has 1 fully saturated rings. The van der Waals surface area contributed by atoms with E-state index >= 15 is 0 Å². The van der Waals surface area contributed by atoms with E-state index < -0.39 is 27.7 Å². The molecule has 160 valence electrons. The number of hydrogen-bond acceptors (Lipinski definition) is 4. The van der Waals surface area contributed by atoms with Crippen molar-refractivity contribution in [3.05, 3.63) is 59.3 Å². The number of rotatable bonds is 3. The molecular weight excluding hydrogens is 424 g/mol.